The second-order valence-electron chi connectivity index (χ2n) is 6.29. The smallest absolute Gasteiger partial charge is 0.379 e. The van der Waals surface area contributed by atoms with Crippen LogP contribution in [0.3, 0.4) is 0 Å². The minimum absolute atomic E-state index is 0.240. The number of hydrogen-bond acceptors (Lipinski definition) is 2. The van der Waals surface area contributed by atoms with Gasteiger partial charge in [-0.2, -0.15) is 13.2 Å². The molecule has 5 heteroatoms. The molecular weight excluding hydrogens is 291 g/mol. The Bertz CT molecular complexity index is 497. The van der Waals surface area contributed by atoms with Gasteiger partial charge in [-0.05, 0) is 36.8 Å². The molecule has 0 radical (unpaired) electrons. The largest absolute Gasteiger partial charge is 0.416 e. The second-order valence-corrected chi connectivity index (χ2v) is 6.29. The molecule has 0 bridgehead atoms. The molecule has 1 aromatic rings. The van der Waals surface area contributed by atoms with Gasteiger partial charge in [-0.15, -0.1) is 0 Å². The van der Waals surface area contributed by atoms with Crippen molar-refractivity contribution >= 4 is 0 Å². The quantitative estimate of drug-likeness (QED) is 0.816. The topological polar surface area (TPSA) is 12.5 Å². The van der Waals surface area contributed by atoms with Crippen LogP contribution in [0.15, 0.2) is 24.3 Å². The number of morpholine rings is 1. The van der Waals surface area contributed by atoms with Crippen molar-refractivity contribution in [1.82, 2.24) is 4.90 Å². The molecule has 2 nitrogen and oxygen atoms in total. The Kier molecular flexibility index (Phi) is 4.73. The minimum Gasteiger partial charge on any atom is -0.379 e. The van der Waals surface area contributed by atoms with Crippen LogP contribution in [0.5, 0.6) is 0 Å². The standard InChI is InChI=1S/C17H22F3NO/c18-17(19,20)15-5-1-3-13(11-15)14-4-2-6-16(12-14)21-7-9-22-10-8-21/h1,3,5,11,14,16H,2,4,6-10,12H2/t14-,16?/m0/s1. The summed E-state index contributed by atoms with van der Waals surface area (Å²) in [6.07, 6.45) is -0.0733. The van der Waals surface area contributed by atoms with Crippen LogP contribution in [-0.4, -0.2) is 37.2 Å². The molecule has 0 N–H and O–H groups in total. The Morgan fingerprint density at radius 2 is 1.86 bits per heavy atom. The molecule has 1 heterocycles. The van der Waals surface area contributed by atoms with Crippen molar-refractivity contribution in [2.24, 2.45) is 0 Å². The van der Waals surface area contributed by atoms with Crippen molar-refractivity contribution in [2.45, 2.75) is 43.8 Å². The van der Waals surface area contributed by atoms with E-state index < -0.39 is 11.7 Å². The van der Waals surface area contributed by atoms with E-state index >= 15 is 0 Å². The van der Waals surface area contributed by atoms with E-state index in [-0.39, 0.29) is 5.92 Å². The first kappa shape index (κ1) is 15.8. The lowest BCUT2D eigenvalue weighted by molar-refractivity contribution is -0.137. The number of alkyl halides is 3. The number of ether oxygens (including phenoxy) is 1. The third-order valence-electron chi connectivity index (χ3n) is 4.89. The molecule has 3 rings (SSSR count). The predicted octanol–water partition coefficient (Wildman–Crippen LogP) is 4.06. The molecule has 2 atom stereocenters. The van der Waals surface area contributed by atoms with E-state index in [0.717, 1.165) is 63.6 Å². The summed E-state index contributed by atoms with van der Waals surface area (Å²) in [5.74, 6) is 0.240. The highest BCUT2D eigenvalue weighted by molar-refractivity contribution is 5.28. The first-order chi connectivity index (χ1) is 10.5. The summed E-state index contributed by atoms with van der Waals surface area (Å²) in [6, 6.07) is 6.37. The van der Waals surface area contributed by atoms with Crippen LogP contribution in [0.25, 0.3) is 0 Å². The number of halogens is 3. The molecule has 122 valence electrons. The van der Waals surface area contributed by atoms with Gasteiger partial charge < -0.3 is 4.74 Å². The van der Waals surface area contributed by atoms with E-state index in [0.29, 0.717) is 6.04 Å². The van der Waals surface area contributed by atoms with E-state index in [1.54, 1.807) is 0 Å². The highest BCUT2D eigenvalue weighted by Crippen LogP contribution is 2.37. The molecule has 2 fully saturated rings. The first-order valence-electron chi connectivity index (χ1n) is 8.03. The normalized spacial score (nSPS) is 27.8. The molecule has 1 aliphatic heterocycles. The number of nitrogens with zero attached hydrogens (tertiary/aromatic N) is 1. The first-order valence-corrected chi connectivity index (χ1v) is 8.03. The third-order valence-corrected chi connectivity index (χ3v) is 4.89. The highest BCUT2D eigenvalue weighted by atomic mass is 19.4. The molecule has 22 heavy (non-hydrogen) atoms. The van der Waals surface area contributed by atoms with Crippen molar-refractivity contribution < 1.29 is 17.9 Å². The van der Waals surface area contributed by atoms with Crippen molar-refractivity contribution in [1.29, 1.82) is 0 Å². The maximum atomic E-state index is 12.9. The van der Waals surface area contributed by atoms with Gasteiger partial charge in [0.2, 0.25) is 0 Å². The van der Waals surface area contributed by atoms with Crippen molar-refractivity contribution in [3.63, 3.8) is 0 Å². The summed E-state index contributed by atoms with van der Waals surface area (Å²) in [7, 11) is 0. The lowest BCUT2D eigenvalue weighted by Gasteiger charge is -2.39. The van der Waals surface area contributed by atoms with E-state index in [2.05, 4.69) is 4.90 Å². The van der Waals surface area contributed by atoms with Crippen LogP contribution in [-0.2, 0) is 10.9 Å². The van der Waals surface area contributed by atoms with Crippen LogP contribution < -0.4 is 0 Å². The fourth-order valence-electron chi connectivity index (χ4n) is 3.71. The zero-order chi connectivity index (χ0) is 15.6. The highest BCUT2D eigenvalue weighted by Gasteiger charge is 2.32. The van der Waals surface area contributed by atoms with Crippen LogP contribution in [0.2, 0.25) is 0 Å². The van der Waals surface area contributed by atoms with Gasteiger partial charge in [-0.25, -0.2) is 0 Å². The summed E-state index contributed by atoms with van der Waals surface area (Å²) < 4.78 is 44.0. The maximum absolute atomic E-state index is 12.9. The molecule has 1 unspecified atom stereocenters. The zero-order valence-corrected chi connectivity index (χ0v) is 12.6. The van der Waals surface area contributed by atoms with Gasteiger partial charge >= 0.3 is 6.18 Å². The molecule has 0 amide bonds. The summed E-state index contributed by atoms with van der Waals surface area (Å²) in [6.45, 7) is 3.43. The lowest BCUT2D eigenvalue weighted by atomic mass is 9.80. The van der Waals surface area contributed by atoms with Gasteiger partial charge in [0.1, 0.15) is 0 Å². The fraction of sp³-hybridized carbons (Fsp3) is 0.647. The van der Waals surface area contributed by atoms with Crippen LogP contribution in [0, 0.1) is 0 Å². The molecule has 2 aliphatic rings. The summed E-state index contributed by atoms with van der Waals surface area (Å²) in [5, 5.41) is 0. The van der Waals surface area contributed by atoms with Crippen molar-refractivity contribution in [3.8, 4) is 0 Å². The van der Waals surface area contributed by atoms with Crippen LogP contribution in [0.1, 0.15) is 42.7 Å². The Hall–Kier alpha value is -1.07. The minimum atomic E-state index is -4.26. The SMILES string of the molecule is FC(F)(F)c1cccc([C@H]2CCCC(N3CCOCC3)C2)c1. The summed E-state index contributed by atoms with van der Waals surface area (Å²) in [4.78, 5) is 2.45. The average Bonchev–Trinajstić information content (AvgIpc) is 2.55. The van der Waals surface area contributed by atoms with Gasteiger partial charge in [0.15, 0.2) is 0 Å². The molecule has 0 aromatic heterocycles. The monoisotopic (exact) mass is 313 g/mol. The average molecular weight is 313 g/mol. The number of benzene rings is 1. The predicted molar refractivity (Wildman–Crippen MR) is 78.8 cm³/mol. The van der Waals surface area contributed by atoms with Crippen molar-refractivity contribution in [2.75, 3.05) is 26.3 Å². The lowest BCUT2D eigenvalue weighted by Crippen LogP contribution is -2.45. The third kappa shape index (κ3) is 3.63. The molecular formula is C17H22F3NO. The number of hydrogen-bond donors (Lipinski definition) is 0. The van der Waals surface area contributed by atoms with E-state index in [9.17, 15) is 13.2 Å². The van der Waals surface area contributed by atoms with E-state index in [1.807, 2.05) is 6.07 Å². The van der Waals surface area contributed by atoms with Gasteiger partial charge in [0, 0.05) is 19.1 Å². The van der Waals surface area contributed by atoms with Crippen LogP contribution >= 0.6 is 0 Å². The summed E-state index contributed by atoms with van der Waals surface area (Å²) >= 11 is 0. The van der Waals surface area contributed by atoms with E-state index in [4.69, 9.17) is 4.74 Å². The molecule has 0 spiro atoms. The van der Waals surface area contributed by atoms with Gasteiger partial charge in [-0.1, -0.05) is 24.6 Å². The second kappa shape index (κ2) is 6.59. The fourth-order valence-corrected chi connectivity index (χ4v) is 3.71. The van der Waals surface area contributed by atoms with Gasteiger partial charge in [0.25, 0.3) is 0 Å². The van der Waals surface area contributed by atoms with Crippen LogP contribution in [0.4, 0.5) is 13.2 Å². The Morgan fingerprint density at radius 1 is 1.09 bits per heavy atom. The molecule has 1 saturated carbocycles. The number of rotatable bonds is 2. The Labute approximate surface area is 129 Å². The molecule has 1 aliphatic carbocycles. The van der Waals surface area contributed by atoms with E-state index in [1.165, 1.54) is 12.1 Å². The Balaban J connectivity index is 1.71. The molecule has 1 aromatic carbocycles. The zero-order valence-electron chi connectivity index (χ0n) is 12.6. The summed E-state index contributed by atoms with van der Waals surface area (Å²) in [5.41, 5.74) is 0.311. The Morgan fingerprint density at radius 3 is 2.59 bits per heavy atom. The maximum Gasteiger partial charge on any atom is 0.416 e. The van der Waals surface area contributed by atoms with Gasteiger partial charge in [-0.3, -0.25) is 4.90 Å². The van der Waals surface area contributed by atoms with Gasteiger partial charge in [0.05, 0.1) is 18.8 Å². The molecule has 1 saturated heterocycles. The van der Waals surface area contributed by atoms with Crippen molar-refractivity contribution in [3.05, 3.63) is 35.4 Å².